The van der Waals surface area contributed by atoms with Crippen molar-refractivity contribution in [1.29, 1.82) is 0 Å². The molecule has 0 amide bonds. The van der Waals surface area contributed by atoms with Gasteiger partial charge in [-0.05, 0) is 13.3 Å². The molecule has 1 aromatic heterocycles. The van der Waals surface area contributed by atoms with Gasteiger partial charge in [-0.2, -0.15) is 0 Å². The number of nitrogen functional groups attached to an aromatic ring is 1. The number of rotatable bonds is 6. The number of hydrogen-bond acceptors (Lipinski definition) is 7. The fraction of sp³-hybridized carbons (Fsp3) is 0.692. The number of hydrogen-bond donors (Lipinski definition) is 4. The Kier molecular flexibility index (Phi) is 4.74. The Morgan fingerprint density at radius 2 is 2.25 bits per heavy atom. The van der Waals surface area contributed by atoms with Crippen molar-refractivity contribution in [2.24, 2.45) is 5.84 Å². The highest BCUT2D eigenvalue weighted by Crippen LogP contribution is 2.26. The van der Waals surface area contributed by atoms with Crippen LogP contribution in [0.5, 0.6) is 0 Å². The SMILES string of the molecule is CCCc1nc(NN)cc(NCC2(O)CCOC2C)n1. The molecule has 1 aromatic rings. The average Bonchev–Trinajstić information content (AvgIpc) is 2.77. The molecule has 1 aliphatic rings. The number of ether oxygens (including phenoxy) is 1. The average molecular weight is 281 g/mol. The van der Waals surface area contributed by atoms with E-state index in [1.54, 1.807) is 6.07 Å². The van der Waals surface area contributed by atoms with Gasteiger partial charge >= 0.3 is 0 Å². The molecule has 2 heterocycles. The smallest absolute Gasteiger partial charge is 0.145 e. The zero-order chi connectivity index (χ0) is 14.6. The van der Waals surface area contributed by atoms with Gasteiger partial charge < -0.3 is 20.6 Å². The summed E-state index contributed by atoms with van der Waals surface area (Å²) in [5.74, 6) is 7.36. The Bertz CT molecular complexity index is 456. The quantitative estimate of drug-likeness (QED) is 0.448. The van der Waals surface area contributed by atoms with Crippen LogP contribution in [-0.2, 0) is 11.2 Å². The normalized spacial score (nSPS) is 25.7. The van der Waals surface area contributed by atoms with Gasteiger partial charge in [0.15, 0.2) is 0 Å². The molecule has 0 radical (unpaired) electrons. The van der Waals surface area contributed by atoms with Crippen LogP contribution in [0, 0.1) is 0 Å². The molecule has 0 bridgehead atoms. The molecule has 0 saturated carbocycles. The van der Waals surface area contributed by atoms with Crippen LogP contribution in [-0.4, -0.2) is 39.9 Å². The van der Waals surface area contributed by atoms with Crippen molar-refractivity contribution in [3.05, 3.63) is 11.9 Å². The summed E-state index contributed by atoms with van der Waals surface area (Å²) in [5, 5.41) is 13.6. The van der Waals surface area contributed by atoms with E-state index in [4.69, 9.17) is 10.6 Å². The second-order valence-corrected chi connectivity index (χ2v) is 5.17. The zero-order valence-electron chi connectivity index (χ0n) is 12.0. The summed E-state index contributed by atoms with van der Waals surface area (Å²) in [6.07, 6.45) is 2.19. The Labute approximate surface area is 118 Å². The first kappa shape index (κ1) is 15.0. The van der Waals surface area contributed by atoms with Crippen LogP contribution in [0.25, 0.3) is 0 Å². The lowest BCUT2D eigenvalue weighted by molar-refractivity contribution is -0.0176. The number of nitrogens with zero attached hydrogens (tertiary/aromatic N) is 2. The summed E-state index contributed by atoms with van der Waals surface area (Å²) in [7, 11) is 0. The topological polar surface area (TPSA) is 105 Å². The molecule has 5 N–H and O–H groups in total. The molecule has 2 unspecified atom stereocenters. The van der Waals surface area contributed by atoms with Gasteiger partial charge in [0.1, 0.15) is 23.1 Å². The number of aliphatic hydroxyl groups is 1. The molecule has 1 saturated heterocycles. The van der Waals surface area contributed by atoms with Crippen LogP contribution in [0.1, 0.15) is 32.5 Å². The maximum Gasteiger partial charge on any atom is 0.145 e. The van der Waals surface area contributed by atoms with E-state index < -0.39 is 5.60 Å². The first-order valence-corrected chi connectivity index (χ1v) is 7.00. The van der Waals surface area contributed by atoms with Gasteiger partial charge in [0.25, 0.3) is 0 Å². The number of aromatic nitrogens is 2. The summed E-state index contributed by atoms with van der Waals surface area (Å²) in [4.78, 5) is 8.70. The monoisotopic (exact) mass is 281 g/mol. The van der Waals surface area contributed by atoms with Crippen LogP contribution in [0.4, 0.5) is 11.6 Å². The second-order valence-electron chi connectivity index (χ2n) is 5.17. The van der Waals surface area contributed by atoms with E-state index in [0.717, 1.165) is 18.7 Å². The molecule has 20 heavy (non-hydrogen) atoms. The summed E-state index contributed by atoms with van der Waals surface area (Å²) >= 11 is 0. The number of nitrogens with two attached hydrogens (primary N) is 1. The molecule has 1 fully saturated rings. The van der Waals surface area contributed by atoms with E-state index in [-0.39, 0.29) is 6.10 Å². The molecule has 7 heteroatoms. The predicted octanol–water partition coefficient (Wildman–Crippen LogP) is 0.666. The molecule has 2 atom stereocenters. The maximum absolute atomic E-state index is 10.4. The molecule has 0 aromatic carbocycles. The van der Waals surface area contributed by atoms with Gasteiger partial charge in [-0.25, -0.2) is 15.8 Å². The molecule has 0 aliphatic carbocycles. The van der Waals surface area contributed by atoms with Crippen molar-refractivity contribution < 1.29 is 9.84 Å². The zero-order valence-corrected chi connectivity index (χ0v) is 12.0. The first-order chi connectivity index (χ1) is 9.57. The number of nitrogens with one attached hydrogen (secondary N) is 2. The highest BCUT2D eigenvalue weighted by Gasteiger charge is 2.39. The minimum Gasteiger partial charge on any atom is -0.385 e. The third-order valence-corrected chi connectivity index (χ3v) is 3.63. The van der Waals surface area contributed by atoms with E-state index in [2.05, 4.69) is 27.6 Å². The third kappa shape index (κ3) is 3.36. The number of anilines is 2. The molecular formula is C13H23N5O2. The van der Waals surface area contributed by atoms with Gasteiger partial charge in [0.2, 0.25) is 0 Å². The number of hydrazine groups is 1. The van der Waals surface area contributed by atoms with E-state index in [1.807, 2.05) is 6.92 Å². The van der Waals surface area contributed by atoms with Crippen molar-refractivity contribution in [1.82, 2.24) is 9.97 Å². The lowest BCUT2D eigenvalue weighted by Gasteiger charge is -2.26. The fourth-order valence-corrected chi connectivity index (χ4v) is 2.24. The van der Waals surface area contributed by atoms with Gasteiger partial charge in [0.05, 0.1) is 6.10 Å². The Morgan fingerprint density at radius 3 is 2.85 bits per heavy atom. The first-order valence-electron chi connectivity index (χ1n) is 7.00. The van der Waals surface area contributed by atoms with Crippen LogP contribution < -0.4 is 16.6 Å². The third-order valence-electron chi connectivity index (χ3n) is 3.63. The lowest BCUT2D eigenvalue weighted by Crippen LogP contribution is -2.43. The van der Waals surface area contributed by atoms with Gasteiger partial charge in [-0.3, -0.25) is 0 Å². The van der Waals surface area contributed by atoms with Gasteiger partial charge in [-0.1, -0.05) is 6.92 Å². The van der Waals surface area contributed by atoms with Crippen molar-refractivity contribution in [2.75, 3.05) is 23.9 Å². The van der Waals surface area contributed by atoms with Crippen molar-refractivity contribution in [2.45, 2.75) is 44.8 Å². The number of aryl methyl sites for hydroxylation is 1. The standard InChI is InChI=1S/C13H23N5O2/c1-3-4-10-16-11(7-12(17-10)18-14)15-8-13(19)5-6-20-9(13)2/h7,9,19H,3-6,8,14H2,1-2H3,(H2,15,16,17,18). The van der Waals surface area contributed by atoms with E-state index in [9.17, 15) is 5.11 Å². The Balaban J connectivity index is 2.06. The highest BCUT2D eigenvalue weighted by atomic mass is 16.5. The van der Waals surface area contributed by atoms with Crippen LogP contribution >= 0.6 is 0 Å². The van der Waals surface area contributed by atoms with E-state index in [1.165, 1.54) is 0 Å². The van der Waals surface area contributed by atoms with Crippen molar-refractivity contribution in [3.8, 4) is 0 Å². The molecule has 2 rings (SSSR count). The summed E-state index contributed by atoms with van der Waals surface area (Å²) < 4.78 is 5.41. The second kappa shape index (κ2) is 6.34. The predicted molar refractivity (Wildman–Crippen MR) is 77.3 cm³/mol. The summed E-state index contributed by atoms with van der Waals surface area (Å²) in [5.41, 5.74) is 1.68. The van der Waals surface area contributed by atoms with Gasteiger partial charge in [-0.15, -0.1) is 0 Å². The minimum absolute atomic E-state index is 0.181. The van der Waals surface area contributed by atoms with E-state index >= 15 is 0 Å². The van der Waals surface area contributed by atoms with Crippen molar-refractivity contribution in [3.63, 3.8) is 0 Å². The molecule has 7 nitrogen and oxygen atoms in total. The Hall–Kier alpha value is -1.44. The molecule has 1 aliphatic heterocycles. The van der Waals surface area contributed by atoms with Crippen LogP contribution in [0.3, 0.4) is 0 Å². The molecule has 112 valence electrons. The highest BCUT2D eigenvalue weighted by molar-refractivity contribution is 5.47. The summed E-state index contributed by atoms with van der Waals surface area (Å²) in [6, 6.07) is 1.73. The van der Waals surface area contributed by atoms with Crippen LogP contribution in [0.2, 0.25) is 0 Å². The van der Waals surface area contributed by atoms with Crippen LogP contribution in [0.15, 0.2) is 6.07 Å². The lowest BCUT2D eigenvalue weighted by atomic mass is 9.97. The minimum atomic E-state index is -0.855. The molecular weight excluding hydrogens is 258 g/mol. The maximum atomic E-state index is 10.4. The van der Waals surface area contributed by atoms with E-state index in [0.29, 0.717) is 31.2 Å². The van der Waals surface area contributed by atoms with Crippen molar-refractivity contribution >= 4 is 11.6 Å². The molecule has 0 spiro atoms. The largest absolute Gasteiger partial charge is 0.385 e. The fourth-order valence-electron chi connectivity index (χ4n) is 2.24. The summed E-state index contributed by atoms with van der Waals surface area (Å²) in [6.45, 7) is 4.92. The van der Waals surface area contributed by atoms with Gasteiger partial charge in [0, 0.05) is 32.1 Å². The Morgan fingerprint density at radius 1 is 1.50 bits per heavy atom.